The fourth-order valence-corrected chi connectivity index (χ4v) is 2.61. The molecule has 0 aliphatic rings. The summed E-state index contributed by atoms with van der Waals surface area (Å²) in [7, 11) is 1.58. The molecule has 1 N–H and O–H groups in total. The first-order valence-electron chi connectivity index (χ1n) is 7.23. The maximum atomic E-state index is 12.2. The molecule has 0 aliphatic carbocycles. The summed E-state index contributed by atoms with van der Waals surface area (Å²) in [4.78, 5) is 12.2. The largest absolute Gasteiger partial charge is 0.458 e. The predicted molar refractivity (Wildman–Crippen MR) is 89.7 cm³/mol. The number of amides is 1. The number of ether oxygens (including phenoxy) is 1. The summed E-state index contributed by atoms with van der Waals surface area (Å²) >= 11 is 6.03. The zero-order valence-corrected chi connectivity index (χ0v) is 13.3. The molecule has 1 amide bonds. The van der Waals surface area contributed by atoms with Gasteiger partial charge >= 0.3 is 0 Å². The number of carbonyl (C=O) groups is 1. The second-order valence-corrected chi connectivity index (χ2v) is 5.51. The fourth-order valence-electron chi connectivity index (χ4n) is 2.39. The molecule has 0 saturated carbocycles. The molecule has 0 unspecified atom stereocenters. The van der Waals surface area contributed by atoms with Gasteiger partial charge in [-0.3, -0.25) is 4.79 Å². The third-order valence-corrected chi connectivity index (χ3v) is 3.94. The third-order valence-electron chi connectivity index (χ3n) is 3.61. The topological polar surface area (TPSA) is 51.5 Å². The van der Waals surface area contributed by atoms with E-state index in [2.05, 4.69) is 5.32 Å². The smallest absolute Gasteiger partial charge is 0.252 e. The number of benzene rings is 2. The van der Waals surface area contributed by atoms with Crippen LogP contribution >= 0.6 is 11.6 Å². The van der Waals surface area contributed by atoms with Crippen molar-refractivity contribution in [3.05, 3.63) is 70.9 Å². The third kappa shape index (κ3) is 3.38. The van der Waals surface area contributed by atoms with E-state index in [-0.39, 0.29) is 12.0 Å². The molecule has 118 valence electrons. The van der Waals surface area contributed by atoms with Crippen LogP contribution in [0.2, 0.25) is 5.02 Å². The summed E-state index contributed by atoms with van der Waals surface area (Å²) in [6.07, 6.45) is -0.367. The van der Waals surface area contributed by atoms with Crippen LogP contribution in [0.5, 0.6) is 0 Å². The number of furan rings is 1. The van der Waals surface area contributed by atoms with E-state index in [1.807, 2.05) is 30.3 Å². The molecule has 5 heteroatoms. The van der Waals surface area contributed by atoms with Gasteiger partial charge in [0.15, 0.2) is 0 Å². The lowest BCUT2D eigenvalue weighted by Gasteiger charge is -2.14. The Labute approximate surface area is 139 Å². The van der Waals surface area contributed by atoms with E-state index in [4.69, 9.17) is 20.8 Å². The lowest BCUT2D eigenvalue weighted by atomic mass is 10.2. The Morgan fingerprint density at radius 2 is 1.96 bits per heavy atom. The average Bonchev–Trinajstić information content (AvgIpc) is 2.99. The van der Waals surface area contributed by atoms with Crippen molar-refractivity contribution in [1.29, 1.82) is 0 Å². The first kappa shape index (κ1) is 15.6. The van der Waals surface area contributed by atoms with Crippen molar-refractivity contribution in [3.63, 3.8) is 0 Å². The molecule has 1 atom stereocenters. The van der Waals surface area contributed by atoms with E-state index < -0.39 is 0 Å². The number of nitrogens with one attached hydrogen (secondary N) is 1. The monoisotopic (exact) mass is 329 g/mol. The molecular formula is C18H16ClNO3. The normalized spacial score (nSPS) is 12.3. The van der Waals surface area contributed by atoms with E-state index in [1.165, 1.54) is 0 Å². The number of fused-ring (bicyclic) bond motifs is 1. The standard InChI is InChI=1S/C18H16ClNO3/c1-22-17(16-10-12-6-2-5-9-15(12)23-16)11-20-18(21)13-7-3-4-8-14(13)19/h2-10,17H,11H2,1H3,(H,20,21)/t17-/m1/s1. The van der Waals surface area contributed by atoms with E-state index >= 15 is 0 Å². The Hall–Kier alpha value is -2.30. The van der Waals surface area contributed by atoms with Crippen molar-refractivity contribution in [1.82, 2.24) is 5.32 Å². The molecule has 0 spiro atoms. The van der Waals surface area contributed by atoms with Gasteiger partial charge in [-0.1, -0.05) is 41.9 Å². The van der Waals surface area contributed by atoms with Crippen LogP contribution in [-0.4, -0.2) is 19.6 Å². The van der Waals surface area contributed by atoms with Crippen LogP contribution in [0.1, 0.15) is 22.2 Å². The molecule has 0 bridgehead atoms. The molecule has 2 aromatic carbocycles. The van der Waals surface area contributed by atoms with Crippen molar-refractivity contribution in [2.45, 2.75) is 6.10 Å². The number of para-hydroxylation sites is 1. The predicted octanol–water partition coefficient (Wildman–Crippen LogP) is 4.20. The van der Waals surface area contributed by atoms with Crippen LogP contribution in [0.3, 0.4) is 0 Å². The maximum absolute atomic E-state index is 12.2. The van der Waals surface area contributed by atoms with Crippen molar-refractivity contribution >= 4 is 28.5 Å². The van der Waals surface area contributed by atoms with Crippen LogP contribution < -0.4 is 5.32 Å². The zero-order chi connectivity index (χ0) is 16.2. The highest BCUT2D eigenvalue weighted by molar-refractivity contribution is 6.33. The van der Waals surface area contributed by atoms with Gasteiger partial charge in [0.25, 0.3) is 5.91 Å². The zero-order valence-electron chi connectivity index (χ0n) is 12.6. The number of hydrogen-bond donors (Lipinski definition) is 1. The fraction of sp³-hybridized carbons (Fsp3) is 0.167. The molecule has 1 heterocycles. The van der Waals surface area contributed by atoms with Crippen molar-refractivity contribution < 1.29 is 13.9 Å². The van der Waals surface area contributed by atoms with Crippen LogP contribution in [-0.2, 0) is 4.74 Å². The van der Waals surface area contributed by atoms with Gasteiger partial charge in [-0.15, -0.1) is 0 Å². The minimum atomic E-state index is -0.367. The Morgan fingerprint density at radius 1 is 1.22 bits per heavy atom. The van der Waals surface area contributed by atoms with Gasteiger partial charge in [0.1, 0.15) is 17.4 Å². The summed E-state index contributed by atoms with van der Waals surface area (Å²) in [6, 6.07) is 16.6. The number of hydrogen-bond acceptors (Lipinski definition) is 3. The van der Waals surface area contributed by atoms with Gasteiger partial charge in [-0.05, 0) is 24.3 Å². The van der Waals surface area contributed by atoms with Gasteiger partial charge in [0.2, 0.25) is 0 Å². The van der Waals surface area contributed by atoms with Gasteiger partial charge in [-0.25, -0.2) is 0 Å². The first-order chi connectivity index (χ1) is 11.2. The molecule has 0 saturated heterocycles. The molecule has 0 radical (unpaired) electrons. The maximum Gasteiger partial charge on any atom is 0.252 e. The molecule has 0 fully saturated rings. The minimum Gasteiger partial charge on any atom is -0.458 e. The van der Waals surface area contributed by atoms with Crippen LogP contribution in [0, 0.1) is 0 Å². The molecule has 1 aromatic heterocycles. The van der Waals surface area contributed by atoms with Gasteiger partial charge in [-0.2, -0.15) is 0 Å². The Kier molecular flexibility index (Phi) is 4.65. The number of halogens is 1. The molecule has 23 heavy (non-hydrogen) atoms. The molecule has 3 aromatic rings. The lowest BCUT2D eigenvalue weighted by Crippen LogP contribution is -2.29. The summed E-state index contributed by atoms with van der Waals surface area (Å²) in [6.45, 7) is 0.292. The highest BCUT2D eigenvalue weighted by Crippen LogP contribution is 2.25. The molecule has 0 aliphatic heterocycles. The van der Waals surface area contributed by atoms with Gasteiger partial charge < -0.3 is 14.5 Å². The van der Waals surface area contributed by atoms with Crippen LogP contribution in [0.15, 0.2) is 59.0 Å². The van der Waals surface area contributed by atoms with Gasteiger partial charge in [0.05, 0.1) is 17.1 Å². The van der Waals surface area contributed by atoms with E-state index in [0.717, 1.165) is 11.0 Å². The summed E-state index contributed by atoms with van der Waals surface area (Å²) in [5.74, 6) is 0.432. The SMILES string of the molecule is CO[C@H](CNC(=O)c1ccccc1Cl)c1cc2ccccc2o1. The van der Waals surface area contributed by atoms with Crippen LogP contribution in [0.4, 0.5) is 0 Å². The summed E-state index contributed by atoms with van der Waals surface area (Å²) in [5.41, 5.74) is 1.23. The number of methoxy groups -OCH3 is 1. The Morgan fingerprint density at radius 3 is 2.70 bits per heavy atom. The number of carbonyl (C=O) groups excluding carboxylic acids is 1. The average molecular weight is 330 g/mol. The van der Waals surface area contributed by atoms with Crippen LogP contribution in [0.25, 0.3) is 11.0 Å². The van der Waals surface area contributed by atoms with Crippen molar-refractivity contribution in [3.8, 4) is 0 Å². The van der Waals surface area contributed by atoms with Crippen molar-refractivity contribution in [2.75, 3.05) is 13.7 Å². The molecule has 3 rings (SSSR count). The highest BCUT2D eigenvalue weighted by Gasteiger charge is 2.18. The number of rotatable bonds is 5. The van der Waals surface area contributed by atoms with E-state index in [0.29, 0.717) is 22.9 Å². The van der Waals surface area contributed by atoms with Gasteiger partial charge in [0, 0.05) is 12.5 Å². The van der Waals surface area contributed by atoms with E-state index in [1.54, 1.807) is 31.4 Å². The quantitative estimate of drug-likeness (QED) is 0.763. The summed E-state index contributed by atoms with van der Waals surface area (Å²) in [5, 5.41) is 4.25. The summed E-state index contributed by atoms with van der Waals surface area (Å²) < 4.78 is 11.2. The van der Waals surface area contributed by atoms with E-state index in [9.17, 15) is 4.79 Å². The Balaban J connectivity index is 1.72. The lowest BCUT2D eigenvalue weighted by molar-refractivity contribution is 0.0747. The van der Waals surface area contributed by atoms with Crippen molar-refractivity contribution in [2.24, 2.45) is 0 Å². The second-order valence-electron chi connectivity index (χ2n) is 5.10. The first-order valence-corrected chi connectivity index (χ1v) is 7.61. The highest BCUT2D eigenvalue weighted by atomic mass is 35.5. The molecular weight excluding hydrogens is 314 g/mol. The Bertz CT molecular complexity index is 795. The second kappa shape index (κ2) is 6.86. The molecule has 4 nitrogen and oxygen atoms in total. The minimum absolute atomic E-state index is 0.242.